The Morgan fingerprint density at radius 1 is 1.24 bits per heavy atom. The molecular formula is C13H17ClN2O. The molecule has 17 heavy (non-hydrogen) atoms. The molecule has 0 bridgehead atoms. The summed E-state index contributed by atoms with van der Waals surface area (Å²) >= 11 is 6.02. The minimum absolute atomic E-state index is 0.465. The van der Waals surface area contributed by atoms with Crippen molar-refractivity contribution in [1.82, 2.24) is 0 Å². The number of anilines is 2. The molecule has 0 atom stereocenters. The van der Waals surface area contributed by atoms with E-state index in [0.717, 1.165) is 42.7 Å². The second-order valence-corrected chi connectivity index (χ2v) is 5.61. The van der Waals surface area contributed by atoms with Crippen LogP contribution in [-0.2, 0) is 4.74 Å². The molecule has 0 saturated carbocycles. The first kappa shape index (κ1) is 11.2. The average molecular weight is 253 g/mol. The van der Waals surface area contributed by atoms with E-state index in [0.29, 0.717) is 5.41 Å². The van der Waals surface area contributed by atoms with Gasteiger partial charge in [-0.1, -0.05) is 11.6 Å². The lowest BCUT2D eigenvalue weighted by molar-refractivity contribution is -0.000142. The third kappa shape index (κ3) is 1.98. The van der Waals surface area contributed by atoms with Crippen LogP contribution in [0.2, 0.25) is 5.02 Å². The Bertz CT molecular complexity index is 421. The third-order valence-corrected chi connectivity index (χ3v) is 4.17. The van der Waals surface area contributed by atoms with E-state index < -0.39 is 0 Å². The molecule has 0 aliphatic carbocycles. The van der Waals surface area contributed by atoms with Crippen molar-refractivity contribution in [2.45, 2.75) is 12.8 Å². The molecule has 3 rings (SSSR count). The summed E-state index contributed by atoms with van der Waals surface area (Å²) in [5, 5.41) is 0.752. The predicted molar refractivity (Wildman–Crippen MR) is 70.6 cm³/mol. The predicted octanol–water partition coefficient (Wildman–Crippen LogP) is 2.54. The number of hydrogen-bond acceptors (Lipinski definition) is 3. The van der Waals surface area contributed by atoms with Crippen LogP contribution in [0.5, 0.6) is 0 Å². The molecule has 3 nitrogen and oxygen atoms in total. The number of halogens is 1. The Balaban J connectivity index is 1.74. The maximum atomic E-state index is 6.02. The van der Waals surface area contributed by atoms with Gasteiger partial charge in [-0.3, -0.25) is 0 Å². The van der Waals surface area contributed by atoms with Crippen molar-refractivity contribution in [3.05, 3.63) is 23.2 Å². The highest BCUT2D eigenvalue weighted by atomic mass is 35.5. The Labute approximate surface area is 106 Å². The lowest BCUT2D eigenvalue weighted by Gasteiger charge is -2.53. The lowest BCUT2D eigenvalue weighted by atomic mass is 9.73. The summed E-state index contributed by atoms with van der Waals surface area (Å²) in [4.78, 5) is 2.33. The van der Waals surface area contributed by atoms with Gasteiger partial charge < -0.3 is 15.4 Å². The van der Waals surface area contributed by atoms with E-state index in [4.69, 9.17) is 22.1 Å². The van der Waals surface area contributed by atoms with Crippen molar-refractivity contribution in [1.29, 1.82) is 0 Å². The fourth-order valence-corrected chi connectivity index (χ4v) is 3.01. The Kier molecular flexibility index (Phi) is 2.68. The summed E-state index contributed by atoms with van der Waals surface area (Å²) in [6.07, 6.45) is 2.34. The van der Waals surface area contributed by atoms with Crippen LogP contribution in [0.15, 0.2) is 18.2 Å². The van der Waals surface area contributed by atoms with Crippen LogP contribution in [0.3, 0.4) is 0 Å². The Morgan fingerprint density at radius 2 is 1.94 bits per heavy atom. The number of rotatable bonds is 1. The smallest absolute Gasteiger partial charge is 0.0615 e. The standard InChI is InChI=1S/C13H17ClN2O/c14-10-1-2-11(15)12(7-10)16-8-13(9-16)3-5-17-6-4-13/h1-2,7H,3-6,8-9,15H2. The molecule has 0 aromatic heterocycles. The molecule has 1 aromatic carbocycles. The van der Waals surface area contributed by atoms with Gasteiger partial charge in [0.25, 0.3) is 0 Å². The van der Waals surface area contributed by atoms with Gasteiger partial charge in [0.05, 0.1) is 11.4 Å². The zero-order chi connectivity index (χ0) is 11.9. The van der Waals surface area contributed by atoms with Gasteiger partial charge in [-0.25, -0.2) is 0 Å². The van der Waals surface area contributed by atoms with E-state index in [-0.39, 0.29) is 0 Å². The van der Waals surface area contributed by atoms with Crippen molar-refractivity contribution in [2.24, 2.45) is 5.41 Å². The van der Waals surface area contributed by atoms with E-state index >= 15 is 0 Å². The summed E-state index contributed by atoms with van der Waals surface area (Å²) in [5.74, 6) is 0. The number of nitrogens with zero attached hydrogens (tertiary/aromatic N) is 1. The second-order valence-electron chi connectivity index (χ2n) is 5.17. The fraction of sp³-hybridized carbons (Fsp3) is 0.538. The molecule has 2 saturated heterocycles. The summed E-state index contributed by atoms with van der Waals surface area (Å²) in [5.41, 5.74) is 8.35. The van der Waals surface area contributed by atoms with E-state index in [9.17, 15) is 0 Å². The third-order valence-electron chi connectivity index (χ3n) is 3.94. The van der Waals surface area contributed by atoms with E-state index in [1.54, 1.807) is 0 Å². The first-order valence-corrected chi connectivity index (χ1v) is 6.44. The Morgan fingerprint density at radius 3 is 2.65 bits per heavy atom. The van der Waals surface area contributed by atoms with Crippen LogP contribution in [0, 0.1) is 5.41 Å². The van der Waals surface area contributed by atoms with Crippen LogP contribution >= 0.6 is 11.6 Å². The summed E-state index contributed by atoms with van der Waals surface area (Å²) in [6.45, 7) is 3.97. The van der Waals surface area contributed by atoms with E-state index in [2.05, 4.69) is 4.90 Å². The molecule has 1 spiro atoms. The van der Waals surface area contributed by atoms with E-state index in [1.165, 1.54) is 12.8 Å². The van der Waals surface area contributed by atoms with Crippen LogP contribution in [0.4, 0.5) is 11.4 Å². The minimum atomic E-state index is 0.465. The van der Waals surface area contributed by atoms with Crippen molar-refractivity contribution < 1.29 is 4.74 Å². The number of hydrogen-bond donors (Lipinski definition) is 1. The zero-order valence-electron chi connectivity index (χ0n) is 9.79. The van der Waals surface area contributed by atoms with Crippen molar-refractivity contribution in [2.75, 3.05) is 36.9 Å². The highest BCUT2D eigenvalue weighted by Gasteiger charge is 2.44. The van der Waals surface area contributed by atoms with Crippen molar-refractivity contribution in [3.8, 4) is 0 Å². The van der Waals surface area contributed by atoms with Crippen LogP contribution in [0.25, 0.3) is 0 Å². The molecule has 0 amide bonds. The highest BCUT2D eigenvalue weighted by molar-refractivity contribution is 6.31. The molecule has 4 heteroatoms. The summed E-state index contributed by atoms with van der Waals surface area (Å²) in [6, 6.07) is 5.68. The minimum Gasteiger partial charge on any atom is -0.397 e. The van der Waals surface area contributed by atoms with E-state index in [1.807, 2.05) is 18.2 Å². The lowest BCUT2D eigenvalue weighted by Crippen LogP contribution is -2.58. The van der Waals surface area contributed by atoms with Gasteiger partial charge in [0.15, 0.2) is 0 Å². The fourth-order valence-electron chi connectivity index (χ4n) is 2.85. The van der Waals surface area contributed by atoms with Gasteiger partial charge in [-0.05, 0) is 31.0 Å². The highest BCUT2D eigenvalue weighted by Crippen LogP contribution is 2.43. The molecule has 2 aliphatic heterocycles. The molecule has 1 aromatic rings. The van der Waals surface area contributed by atoms with Crippen LogP contribution in [-0.4, -0.2) is 26.3 Å². The number of nitrogens with two attached hydrogens (primary N) is 1. The summed E-state index contributed by atoms with van der Waals surface area (Å²) < 4.78 is 5.42. The van der Waals surface area contributed by atoms with Gasteiger partial charge in [0, 0.05) is 36.7 Å². The topological polar surface area (TPSA) is 38.5 Å². The van der Waals surface area contributed by atoms with Crippen LogP contribution in [0.1, 0.15) is 12.8 Å². The largest absolute Gasteiger partial charge is 0.397 e. The normalized spacial score (nSPS) is 22.5. The van der Waals surface area contributed by atoms with Crippen LogP contribution < -0.4 is 10.6 Å². The molecule has 2 N–H and O–H groups in total. The molecule has 0 unspecified atom stereocenters. The molecule has 2 fully saturated rings. The van der Waals surface area contributed by atoms with Crippen molar-refractivity contribution in [3.63, 3.8) is 0 Å². The number of benzene rings is 1. The molecule has 92 valence electrons. The number of nitrogen functional groups attached to an aromatic ring is 1. The van der Waals surface area contributed by atoms with Crippen molar-refractivity contribution >= 4 is 23.0 Å². The zero-order valence-corrected chi connectivity index (χ0v) is 10.5. The quantitative estimate of drug-likeness (QED) is 0.781. The monoisotopic (exact) mass is 252 g/mol. The molecule has 2 heterocycles. The second kappa shape index (κ2) is 4.07. The summed E-state index contributed by atoms with van der Waals surface area (Å²) in [7, 11) is 0. The number of ether oxygens (including phenoxy) is 1. The molecule has 0 radical (unpaired) electrons. The molecule has 2 aliphatic rings. The Hall–Kier alpha value is -0.930. The first-order chi connectivity index (χ1) is 8.19. The first-order valence-electron chi connectivity index (χ1n) is 6.06. The SMILES string of the molecule is Nc1ccc(Cl)cc1N1CC2(CCOCC2)C1. The molecular weight excluding hydrogens is 236 g/mol. The maximum absolute atomic E-state index is 6.02. The van der Waals surface area contributed by atoms with Gasteiger partial charge in [0.1, 0.15) is 0 Å². The van der Waals surface area contributed by atoms with Gasteiger partial charge in [-0.15, -0.1) is 0 Å². The average Bonchev–Trinajstić information content (AvgIpc) is 2.30. The van der Waals surface area contributed by atoms with Gasteiger partial charge in [0.2, 0.25) is 0 Å². The van der Waals surface area contributed by atoms with Gasteiger partial charge >= 0.3 is 0 Å². The van der Waals surface area contributed by atoms with Gasteiger partial charge in [-0.2, -0.15) is 0 Å². The maximum Gasteiger partial charge on any atom is 0.0615 e.